The van der Waals surface area contributed by atoms with Crippen LogP contribution in [0.15, 0.2) is 47.1 Å². The minimum Gasteiger partial charge on any atom is -0.467 e. The number of carbonyl (C=O) groups is 4. The molecule has 0 bridgehead atoms. The van der Waals surface area contributed by atoms with Crippen molar-refractivity contribution in [2.24, 2.45) is 0 Å². The SMILES string of the molecule is CCCOC(=O)CC1C(=O)NCCN1CC(=O)Nc1ccc(C(=O)NCc2ccco2)cc1. The fourth-order valence-electron chi connectivity index (χ4n) is 3.38. The lowest BCUT2D eigenvalue weighted by molar-refractivity contribution is -0.148. The lowest BCUT2D eigenvalue weighted by Crippen LogP contribution is -2.57. The number of ether oxygens (including phenoxy) is 1. The van der Waals surface area contributed by atoms with Crippen LogP contribution >= 0.6 is 0 Å². The van der Waals surface area contributed by atoms with E-state index in [1.54, 1.807) is 41.3 Å². The van der Waals surface area contributed by atoms with Crippen LogP contribution < -0.4 is 16.0 Å². The molecule has 0 saturated carbocycles. The van der Waals surface area contributed by atoms with Gasteiger partial charge in [0.2, 0.25) is 11.8 Å². The molecule has 3 rings (SSSR count). The minimum atomic E-state index is -0.755. The zero-order valence-electron chi connectivity index (χ0n) is 18.5. The summed E-state index contributed by atoms with van der Waals surface area (Å²) in [6.07, 6.45) is 2.12. The maximum Gasteiger partial charge on any atom is 0.307 e. The Balaban J connectivity index is 1.51. The van der Waals surface area contributed by atoms with Crippen LogP contribution in [0.2, 0.25) is 0 Å². The molecule has 3 N–H and O–H groups in total. The molecule has 1 atom stereocenters. The normalized spacial score (nSPS) is 16.0. The quantitative estimate of drug-likeness (QED) is 0.459. The van der Waals surface area contributed by atoms with Crippen molar-refractivity contribution >= 4 is 29.4 Å². The second-order valence-electron chi connectivity index (χ2n) is 7.59. The molecule has 1 aromatic carbocycles. The zero-order valence-corrected chi connectivity index (χ0v) is 18.5. The number of esters is 1. The number of benzene rings is 1. The number of nitrogens with zero attached hydrogens (tertiary/aromatic N) is 1. The van der Waals surface area contributed by atoms with Gasteiger partial charge in [0.25, 0.3) is 5.91 Å². The molecule has 1 aromatic heterocycles. The van der Waals surface area contributed by atoms with Gasteiger partial charge in [-0.2, -0.15) is 0 Å². The summed E-state index contributed by atoms with van der Waals surface area (Å²) in [5.41, 5.74) is 0.959. The van der Waals surface area contributed by atoms with E-state index in [0.29, 0.717) is 43.1 Å². The van der Waals surface area contributed by atoms with Gasteiger partial charge in [0.15, 0.2) is 0 Å². The maximum atomic E-state index is 12.6. The third-order valence-electron chi connectivity index (χ3n) is 5.05. The van der Waals surface area contributed by atoms with Crippen molar-refractivity contribution in [3.8, 4) is 0 Å². The highest BCUT2D eigenvalue weighted by Gasteiger charge is 2.33. The van der Waals surface area contributed by atoms with Crippen LogP contribution in [0, 0.1) is 0 Å². The fourth-order valence-corrected chi connectivity index (χ4v) is 3.38. The molecule has 2 aromatic rings. The van der Waals surface area contributed by atoms with E-state index in [1.807, 2.05) is 6.92 Å². The third kappa shape index (κ3) is 7.18. The molecular weight excluding hydrogens is 428 g/mol. The number of hydrogen-bond donors (Lipinski definition) is 3. The molecule has 1 aliphatic heterocycles. The van der Waals surface area contributed by atoms with E-state index in [1.165, 1.54) is 6.26 Å². The average molecular weight is 456 g/mol. The predicted octanol–water partition coefficient (Wildman–Crippen LogP) is 1.29. The molecule has 176 valence electrons. The Hall–Kier alpha value is -3.66. The summed E-state index contributed by atoms with van der Waals surface area (Å²) in [5, 5.41) is 8.23. The van der Waals surface area contributed by atoms with E-state index >= 15 is 0 Å². The van der Waals surface area contributed by atoms with Gasteiger partial charge < -0.3 is 25.1 Å². The lowest BCUT2D eigenvalue weighted by Gasteiger charge is -2.33. The Morgan fingerprint density at radius 1 is 1.21 bits per heavy atom. The van der Waals surface area contributed by atoms with Crippen molar-refractivity contribution in [1.29, 1.82) is 0 Å². The van der Waals surface area contributed by atoms with E-state index in [0.717, 1.165) is 0 Å². The number of furan rings is 1. The number of anilines is 1. The lowest BCUT2D eigenvalue weighted by atomic mass is 10.1. The first-order chi connectivity index (χ1) is 16.0. The summed E-state index contributed by atoms with van der Waals surface area (Å²) < 4.78 is 10.3. The molecule has 0 radical (unpaired) electrons. The Morgan fingerprint density at radius 3 is 2.70 bits per heavy atom. The van der Waals surface area contributed by atoms with Crippen molar-refractivity contribution in [3.05, 3.63) is 54.0 Å². The van der Waals surface area contributed by atoms with Crippen LogP contribution in [0.5, 0.6) is 0 Å². The molecule has 1 aliphatic rings. The number of rotatable bonds is 10. The Morgan fingerprint density at radius 2 is 2.00 bits per heavy atom. The molecule has 33 heavy (non-hydrogen) atoms. The van der Waals surface area contributed by atoms with Gasteiger partial charge in [0.05, 0.1) is 32.4 Å². The first kappa shape index (κ1) is 24.0. The highest BCUT2D eigenvalue weighted by Crippen LogP contribution is 2.13. The topological polar surface area (TPSA) is 130 Å². The highest BCUT2D eigenvalue weighted by atomic mass is 16.5. The van der Waals surface area contributed by atoms with Crippen molar-refractivity contribution in [1.82, 2.24) is 15.5 Å². The van der Waals surface area contributed by atoms with Crippen molar-refractivity contribution in [2.75, 3.05) is 31.6 Å². The molecule has 0 aliphatic carbocycles. The van der Waals surface area contributed by atoms with Gasteiger partial charge in [-0.05, 0) is 42.8 Å². The summed E-state index contributed by atoms with van der Waals surface area (Å²) in [7, 11) is 0. The fraction of sp³-hybridized carbons (Fsp3) is 0.391. The molecule has 1 saturated heterocycles. The zero-order chi connectivity index (χ0) is 23.6. The van der Waals surface area contributed by atoms with Crippen LogP contribution in [0.1, 0.15) is 35.9 Å². The van der Waals surface area contributed by atoms with Gasteiger partial charge in [-0.15, -0.1) is 0 Å². The molecule has 0 spiro atoms. The van der Waals surface area contributed by atoms with Gasteiger partial charge >= 0.3 is 5.97 Å². The predicted molar refractivity (Wildman–Crippen MR) is 119 cm³/mol. The summed E-state index contributed by atoms with van der Waals surface area (Å²) in [6, 6.07) is 9.22. The third-order valence-corrected chi connectivity index (χ3v) is 5.05. The molecule has 2 heterocycles. The number of hydrogen-bond acceptors (Lipinski definition) is 7. The monoisotopic (exact) mass is 456 g/mol. The number of carbonyl (C=O) groups excluding carboxylic acids is 4. The van der Waals surface area contributed by atoms with Crippen LogP contribution in [-0.4, -0.2) is 60.9 Å². The first-order valence-corrected chi connectivity index (χ1v) is 10.8. The first-order valence-electron chi connectivity index (χ1n) is 10.8. The Kier molecular flexibility index (Phi) is 8.59. The van der Waals surface area contributed by atoms with Crippen LogP contribution in [-0.2, 0) is 25.7 Å². The summed E-state index contributed by atoms with van der Waals surface area (Å²) in [5.74, 6) is -0.707. The van der Waals surface area contributed by atoms with Crippen molar-refractivity contribution in [2.45, 2.75) is 32.4 Å². The van der Waals surface area contributed by atoms with Crippen LogP contribution in [0.25, 0.3) is 0 Å². The molecule has 10 heteroatoms. The van der Waals surface area contributed by atoms with Gasteiger partial charge in [-0.25, -0.2) is 0 Å². The summed E-state index contributed by atoms with van der Waals surface area (Å²) in [6.45, 7) is 3.25. The van der Waals surface area contributed by atoms with Gasteiger partial charge in [0, 0.05) is 24.3 Å². The molecule has 1 fully saturated rings. The number of amides is 3. The second-order valence-corrected chi connectivity index (χ2v) is 7.59. The summed E-state index contributed by atoms with van der Waals surface area (Å²) >= 11 is 0. The largest absolute Gasteiger partial charge is 0.467 e. The smallest absolute Gasteiger partial charge is 0.307 e. The average Bonchev–Trinajstić information content (AvgIpc) is 3.32. The number of nitrogens with one attached hydrogen (secondary N) is 3. The van der Waals surface area contributed by atoms with E-state index in [9.17, 15) is 19.2 Å². The van der Waals surface area contributed by atoms with E-state index in [4.69, 9.17) is 9.15 Å². The van der Waals surface area contributed by atoms with Gasteiger partial charge in [-0.3, -0.25) is 24.1 Å². The van der Waals surface area contributed by atoms with E-state index in [-0.39, 0.29) is 37.2 Å². The Bertz CT molecular complexity index is 958. The maximum absolute atomic E-state index is 12.6. The van der Waals surface area contributed by atoms with Gasteiger partial charge in [-0.1, -0.05) is 6.92 Å². The molecule has 3 amide bonds. The Labute approximate surface area is 191 Å². The van der Waals surface area contributed by atoms with Crippen molar-refractivity contribution in [3.63, 3.8) is 0 Å². The van der Waals surface area contributed by atoms with Crippen molar-refractivity contribution < 1.29 is 28.3 Å². The van der Waals surface area contributed by atoms with Gasteiger partial charge in [0.1, 0.15) is 11.8 Å². The van der Waals surface area contributed by atoms with Crippen LogP contribution in [0.3, 0.4) is 0 Å². The van der Waals surface area contributed by atoms with E-state index < -0.39 is 12.0 Å². The standard InChI is InChI=1S/C23H28N4O6/c1-2-11-33-21(29)13-19-23(31)24-9-10-27(19)15-20(28)26-17-7-5-16(6-8-17)22(30)25-14-18-4-3-12-32-18/h3-8,12,19H,2,9-11,13-15H2,1H3,(H,24,31)(H,25,30)(H,26,28). The summed E-state index contributed by atoms with van der Waals surface area (Å²) in [4.78, 5) is 50.7. The van der Waals surface area contributed by atoms with E-state index in [2.05, 4.69) is 16.0 Å². The van der Waals surface area contributed by atoms with Crippen LogP contribution in [0.4, 0.5) is 5.69 Å². The molecular formula is C23H28N4O6. The second kappa shape index (κ2) is 11.8. The number of piperazine rings is 1. The molecule has 1 unspecified atom stereocenters. The highest BCUT2D eigenvalue weighted by molar-refractivity contribution is 5.96. The molecule has 10 nitrogen and oxygen atoms in total. The minimum absolute atomic E-state index is 0.0511.